The highest BCUT2D eigenvalue weighted by Crippen LogP contribution is 2.20. The molecule has 0 aliphatic rings. The van der Waals surface area contributed by atoms with Crippen molar-refractivity contribution in [3.63, 3.8) is 0 Å². The van der Waals surface area contributed by atoms with Crippen molar-refractivity contribution in [3.8, 4) is 0 Å². The molecule has 1 atom stereocenters. The van der Waals surface area contributed by atoms with Crippen molar-refractivity contribution in [3.05, 3.63) is 35.4 Å². The van der Waals surface area contributed by atoms with Gasteiger partial charge >= 0.3 is 5.97 Å². The molecular weight excluding hydrogens is 228 g/mol. The van der Waals surface area contributed by atoms with E-state index in [-0.39, 0.29) is 11.6 Å². The molecule has 0 fully saturated rings. The number of ether oxygens (including phenoxy) is 1. The van der Waals surface area contributed by atoms with Gasteiger partial charge in [0.15, 0.2) is 0 Å². The summed E-state index contributed by atoms with van der Waals surface area (Å²) in [6.07, 6.45) is 0. The van der Waals surface area contributed by atoms with Crippen LogP contribution in [0.2, 0.25) is 0 Å². The lowest BCUT2D eigenvalue weighted by atomic mass is 10.1. The second-order valence-corrected chi connectivity index (χ2v) is 3.94. The molecule has 0 aromatic heterocycles. The van der Waals surface area contributed by atoms with Crippen LogP contribution < -0.4 is 5.32 Å². The van der Waals surface area contributed by atoms with Crippen LogP contribution in [0.5, 0.6) is 0 Å². The maximum Gasteiger partial charge on any atom is 0.327 e. The lowest BCUT2D eigenvalue weighted by molar-refractivity contribution is -0.143. The first-order chi connectivity index (χ1) is 7.95. The van der Waals surface area contributed by atoms with E-state index in [0.29, 0.717) is 0 Å². The van der Waals surface area contributed by atoms with Gasteiger partial charge in [0, 0.05) is 17.7 Å². The minimum absolute atomic E-state index is 0.0384. The van der Waals surface area contributed by atoms with Crippen molar-refractivity contribution >= 4 is 5.97 Å². The summed E-state index contributed by atoms with van der Waals surface area (Å²) in [4.78, 5) is 11.5. The summed E-state index contributed by atoms with van der Waals surface area (Å²) in [6, 6.07) is 2.12. The fourth-order valence-corrected chi connectivity index (χ4v) is 1.47. The number of carbonyl (C=O) groups is 1. The van der Waals surface area contributed by atoms with Gasteiger partial charge in [-0.1, -0.05) is 6.07 Å². The SMILES string of the molecule is COC(=O)C(NC(C)C)c1ccc(F)cc1F. The quantitative estimate of drug-likeness (QED) is 0.824. The molecule has 1 rings (SSSR count). The Kier molecular flexibility index (Phi) is 4.57. The molecule has 0 spiro atoms. The maximum atomic E-state index is 13.6. The van der Waals surface area contributed by atoms with Crippen LogP contribution in [0, 0.1) is 11.6 Å². The van der Waals surface area contributed by atoms with Crippen molar-refractivity contribution in [2.24, 2.45) is 0 Å². The van der Waals surface area contributed by atoms with Crippen LogP contribution in [0.3, 0.4) is 0 Å². The van der Waals surface area contributed by atoms with Crippen molar-refractivity contribution in [2.75, 3.05) is 7.11 Å². The number of benzene rings is 1. The van der Waals surface area contributed by atoms with Crippen LogP contribution in [-0.2, 0) is 9.53 Å². The molecule has 1 unspecified atom stereocenters. The number of rotatable bonds is 4. The number of nitrogens with one attached hydrogen (secondary N) is 1. The second-order valence-electron chi connectivity index (χ2n) is 3.94. The fourth-order valence-electron chi connectivity index (χ4n) is 1.47. The lowest BCUT2D eigenvalue weighted by Gasteiger charge is -2.19. The molecule has 0 amide bonds. The molecule has 1 aromatic rings. The van der Waals surface area contributed by atoms with E-state index in [1.165, 1.54) is 13.2 Å². The van der Waals surface area contributed by atoms with Crippen molar-refractivity contribution in [1.29, 1.82) is 0 Å². The van der Waals surface area contributed by atoms with Gasteiger partial charge in [-0.25, -0.2) is 13.6 Å². The van der Waals surface area contributed by atoms with Gasteiger partial charge in [0.05, 0.1) is 7.11 Å². The highest BCUT2D eigenvalue weighted by atomic mass is 19.1. The normalized spacial score (nSPS) is 12.6. The first-order valence-electron chi connectivity index (χ1n) is 5.24. The third kappa shape index (κ3) is 3.49. The molecule has 1 aromatic carbocycles. The van der Waals surface area contributed by atoms with Gasteiger partial charge in [0.2, 0.25) is 0 Å². The number of methoxy groups -OCH3 is 1. The van der Waals surface area contributed by atoms with E-state index in [0.717, 1.165) is 12.1 Å². The summed E-state index contributed by atoms with van der Waals surface area (Å²) >= 11 is 0. The van der Waals surface area contributed by atoms with Gasteiger partial charge in [-0.15, -0.1) is 0 Å². The summed E-state index contributed by atoms with van der Waals surface area (Å²) < 4.78 is 30.9. The number of hydrogen-bond donors (Lipinski definition) is 1. The van der Waals surface area contributed by atoms with E-state index in [2.05, 4.69) is 10.1 Å². The van der Waals surface area contributed by atoms with Gasteiger partial charge in [0.1, 0.15) is 17.7 Å². The number of carbonyl (C=O) groups excluding carboxylic acids is 1. The molecule has 17 heavy (non-hydrogen) atoms. The number of halogens is 2. The lowest BCUT2D eigenvalue weighted by Crippen LogP contribution is -2.35. The first kappa shape index (κ1) is 13.6. The van der Waals surface area contributed by atoms with Crippen LogP contribution in [0.25, 0.3) is 0 Å². The number of hydrogen-bond acceptors (Lipinski definition) is 3. The molecule has 0 saturated carbocycles. The van der Waals surface area contributed by atoms with Crippen LogP contribution in [-0.4, -0.2) is 19.1 Å². The standard InChI is InChI=1S/C12H15F2NO2/c1-7(2)15-11(12(16)17-3)9-5-4-8(13)6-10(9)14/h4-7,11,15H,1-3H3. The molecule has 0 aliphatic carbocycles. The second kappa shape index (κ2) is 5.72. The molecule has 94 valence electrons. The third-order valence-corrected chi connectivity index (χ3v) is 2.21. The minimum Gasteiger partial charge on any atom is -0.468 e. The Balaban J connectivity index is 3.08. The summed E-state index contributed by atoms with van der Waals surface area (Å²) in [5.41, 5.74) is 0.0759. The molecule has 1 N–H and O–H groups in total. The van der Waals surface area contributed by atoms with Crippen molar-refractivity contribution < 1.29 is 18.3 Å². The largest absolute Gasteiger partial charge is 0.468 e. The zero-order valence-electron chi connectivity index (χ0n) is 9.96. The van der Waals surface area contributed by atoms with Gasteiger partial charge < -0.3 is 4.74 Å². The average molecular weight is 243 g/mol. The van der Waals surface area contributed by atoms with Crippen LogP contribution in [0.1, 0.15) is 25.5 Å². The van der Waals surface area contributed by atoms with Gasteiger partial charge in [-0.3, -0.25) is 5.32 Å². The molecule has 3 nitrogen and oxygen atoms in total. The zero-order chi connectivity index (χ0) is 13.0. The van der Waals surface area contributed by atoms with E-state index in [9.17, 15) is 13.6 Å². The molecule has 5 heteroatoms. The van der Waals surface area contributed by atoms with E-state index in [4.69, 9.17) is 0 Å². The molecular formula is C12H15F2NO2. The van der Waals surface area contributed by atoms with E-state index in [1.54, 1.807) is 0 Å². The Labute approximate surface area is 98.8 Å². The van der Waals surface area contributed by atoms with Gasteiger partial charge in [-0.2, -0.15) is 0 Å². The third-order valence-electron chi connectivity index (χ3n) is 2.21. The van der Waals surface area contributed by atoms with Crippen LogP contribution >= 0.6 is 0 Å². The maximum absolute atomic E-state index is 13.6. The van der Waals surface area contributed by atoms with Crippen molar-refractivity contribution in [2.45, 2.75) is 25.9 Å². The molecule has 0 heterocycles. The minimum atomic E-state index is -0.930. The summed E-state index contributed by atoms with van der Waals surface area (Å²) in [5.74, 6) is -2.06. The Morgan fingerprint density at radius 2 is 2.00 bits per heavy atom. The van der Waals surface area contributed by atoms with Crippen molar-refractivity contribution in [1.82, 2.24) is 5.32 Å². The van der Waals surface area contributed by atoms with E-state index < -0.39 is 23.6 Å². The predicted octanol–water partition coefficient (Wildman–Crippen LogP) is 2.18. The van der Waals surface area contributed by atoms with Gasteiger partial charge in [0.25, 0.3) is 0 Å². The number of esters is 1. The topological polar surface area (TPSA) is 38.3 Å². The summed E-state index contributed by atoms with van der Waals surface area (Å²) in [5, 5.41) is 2.87. The molecule has 0 bridgehead atoms. The van der Waals surface area contributed by atoms with Gasteiger partial charge in [-0.05, 0) is 19.9 Å². The summed E-state index contributed by atoms with van der Waals surface area (Å²) in [7, 11) is 1.22. The molecule has 0 aliphatic heterocycles. The predicted molar refractivity (Wildman–Crippen MR) is 59.4 cm³/mol. The Morgan fingerprint density at radius 3 is 2.47 bits per heavy atom. The summed E-state index contributed by atoms with van der Waals surface area (Å²) in [6.45, 7) is 3.63. The Morgan fingerprint density at radius 1 is 1.35 bits per heavy atom. The van der Waals surface area contributed by atoms with E-state index in [1.807, 2.05) is 13.8 Å². The zero-order valence-corrected chi connectivity index (χ0v) is 9.96. The fraction of sp³-hybridized carbons (Fsp3) is 0.417. The Hall–Kier alpha value is -1.49. The van der Waals surface area contributed by atoms with E-state index >= 15 is 0 Å². The van der Waals surface area contributed by atoms with Crippen LogP contribution in [0.4, 0.5) is 8.78 Å². The average Bonchev–Trinajstić information content (AvgIpc) is 2.25. The molecule has 0 saturated heterocycles. The highest BCUT2D eigenvalue weighted by Gasteiger charge is 2.25. The molecule has 0 radical (unpaired) electrons. The first-order valence-corrected chi connectivity index (χ1v) is 5.24. The smallest absolute Gasteiger partial charge is 0.327 e. The Bertz CT molecular complexity index is 407. The van der Waals surface area contributed by atoms with Crippen LogP contribution in [0.15, 0.2) is 18.2 Å². The monoisotopic (exact) mass is 243 g/mol. The highest BCUT2D eigenvalue weighted by molar-refractivity contribution is 5.77.